The molecule has 0 amide bonds. The first kappa shape index (κ1) is 12.9. The van der Waals surface area contributed by atoms with Crippen LogP contribution in [-0.2, 0) is 0 Å². The summed E-state index contributed by atoms with van der Waals surface area (Å²) in [6, 6.07) is 0. The zero-order valence-electron chi connectivity index (χ0n) is 9.70. The summed E-state index contributed by atoms with van der Waals surface area (Å²) in [5.41, 5.74) is 2.11. The number of hydrogen-bond donors (Lipinski definition) is 2. The molecule has 0 atom stereocenters. The highest BCUT2D eigenvalue weighted by molar-refractivity contribution is 6.82. The normalized spacial score (nSPS) is 13.0. The van der Waals surface area contributed by atoms with Gasteiger partial charge in [0.15, 0.2) is 0 Å². The summed E-state index contributed by atoms with van der Waals surface area (Å²) in [5.74, 6) is 0. The summed E-state index contributed by atoms with van der Waals surface area (Å²) < 4.78 is 0. The van der Waals surface area contributed by atoms with Gasteiger partial charge in [-0.2, -0.15) is 0 Å². The average molecular weight is 200 g/mol. The third-order valence-electron chi connectivity index (χ3n) is 2.40. The SMILES string of the molecule is C=C[Si](NCC)(NCC)C(C)(C)C. The molecule has 0 aliphatic rings. The molecule has 0 aromatic heterocycles. The molecule has 2 N–H and O–H groups in total. The maximum absolute atomic E-state index is 3.97. The van der Waals surface area contributed by atoms with E-state index in [0.717, 1.165) is 13.1 Å². The van der Waals surface area contributed by atoms with Crippen molar-refractivity contribution in [3.05, 3.63) is 12.3 Å². The Labute approximate surface area is 84.0 Å². The van der Waals surface area contributed by atoms with Crippen molar-refractivity contribution in [3.63, 3.8) is 0 Å². The van der Waals surface area contributed by atoms with Gasteiger partial charge in [-0.15, -0.1) is 6.58 Å². The molecule has 0 aliphatic carbocycles. The van der Waals surface area contributed by atoms with Crippen molar-refractivity contribution in [3.8, 4) is 0 Å². The van der Waals surface area contributed by atoms with Crippen LogP contribution < -0.4 is 9.96 Å². The van der Waals surface area contributed by atoms with E-state index in [1.807, 2.05) is 0 Å². The zero-order valence-corrected chi connectivity index (χ0v) is 10.7. The van der Waals surface area contributed by atoms with E-state index < -0.39 is 8.40 Å². The first-order valence-electron chi connectivity index (χ1n) is 5.07. The van der Waals surface area contributed by atoms with Crippen molar-refractivity contribution in [2.45, 2.75) is 39.7 Å². The van der Waals surface area contributed by atoms with E-state index in [4.69, 9.17) is 0 Å². The molecule has 0 rings (SSSR count). The molecular weight excluding hydrogens is 176 g/mol. The summed E-state index contributed by atoms with van der Waals surface area (Å²) in [6.07, 6.45) is 0. The standard InChI is InChI=1S/C10H24N2Si/c1-7-11-13(9-3,12-8-2)10(4,5)6/h9,11-12H,3,7-8H2,1-2,4-6H3. The summed E-state index contributed by atoms with van der Waals surface area (Å²) in [4.78, 5) is 7.19. The van der Waals surface area contributed by atoms with Crippen LogP contribution in [0.2, 0.25) is 5.04 Å². The van der Waals surface area contributed by atoms with E-state index >= 15 is 0 Å². The molecule has 0 fully saturated rings. The molecule has 2 nitrogen and oxygen atoms in total. The van der Waals surface area contributed by atoms with E-state index in [2.05, 4.69) is 56.9 Å². The van der Waals surface area contributed by atoms with Crippen LogP contribution in [-0.4, -0.2) is 21.5 Å². The lowest BCUT2D eigenvalue weighted by atomic mass is 10.2. The van der Waals surface area contributed by atoms with Crippen LogP contribution in [0.3, 0.4) is 0 Å². The Hall–Kier alpha value is -0.123. The van der Waals surface area contributed by atoms with Crippen LogP contribution in [0.4, 0.5) is 0 Å². The molecule has 78 valence electrons. The first-order valence-corrected chi connectivity index (χ1v) is 7.15. The van der Waals surface area contributed by atoms with E-state index in [1.165, 1.54) is 0 Å². The molecule has 0 radical (unpaired) electrons. The van der Waals surface area contributed by atoms with Crippen LogP contribution in [0.1, 0.15) is 34.6 Å². The minimum atomic E-state index is -1.71. The minimum absolute atomic E-state index is 0.265. The summed E-state index contributed by atoms with van der Waals surface area (Å²) in [5, 5.41) is 0.265. The molecule has 0 saturated carbocycles. The van der Waals surface area contributed by atoms with Crippen LogP contribution in [0, 0.1) is 0 Å². The van der Waals surface area contributed by atoms with Crippen molar-refractivity contribution in [2.75, 3.05) is 13.1 Å². The number of rotatable bonds is 5. The maximum atomic E-state index is 3.97. The van der Waals surface area contributed by atoms with Gasteiger partial charge >= 0.3 is 0 Å². The van der Waals surface area contributed by atoms with Gasteiger partial charge in [-0.1, -0.05) is 40.3 Å². The molecule has 0 heterocycles. The summed E-state index contributed by atoms with van der Waals surface area (Å²) in [6.45, 7) is 17.1. The monoisotopic (exact) mass is 200 g/mol. The Kier molecular flexibility index (Phi) is 4.89. The van der Waals surface area contributed by atoms with E-state index in [0.29, 0.717) is 0 Å². The topological polar surface area (TPSA) is 24.1 Å². The van der Waals surface area contributed by atoms with Crippen molar-refractivity contribution in [2.24, 2.45) is 0 Å². The van der Waals surface area contributed by atoms with Crippen molar-refractivity contribution < 1.29 is 0 Å². The van der Waals surface area contributed by atoms with E-state index in [9.17, 15) is 0 Å². The largest absolute Gasteiger partial charge is 0.322 e. The second kappa shape index (κ2) is 4.93. The molecule has 0 unspecified atom stereocenters. The minimum Gasteiger partial charge on any atom is -0.322 e. The summed E-state index contributed by atoms with van der Waals surface area (Å²) >= 11 is 0. The van der Waals surface area contributed by atoms with Gasteiger partial charge < -0.3 is 9.96 Å². The van der Waals surface area contributed by atoms with Crippen LogP contribution in [0.25, 0.3) is 0 Å². The second-order valence-electron chi connectivity index (χ2n) is 4.32. The highest BCUT2D eigenvalue weighted by atomic mass is 28.3. The average Bonchev–Trinajstić information content (AvgIpc) is 2.02. The Morgan fingerprint density at radius 1 is 1.15 bits per heavy atom. The predicted octanol–water partition coefficient (Wildman–Crippen LogP) is 2.17. The third-order valence-corrected chi connectivity index (χ3v) is 7.20. The summed E-state index contributed by atoms with van der Waals surface area (Å²) in [7, 11) is -1.71. The van der Waals surface area contributed by atoms with E-state index in [-0.39, 0.29) is 5.04 Å². The molecule has 0 spiro atoms. The molecule has 3 heteroatoms. The maximum Gasteiger partial charge on any atom is 0.231 e. The fourth-order valence-corrected chi connectivity index (χ4v) is 4.80. The Balaban J connectivity index is 4.74. The van der Waals surface area contributed by atoms with Crippen molar-refractivity contribution >= 4 is 8.40 Å². The lowest BCUT2D eigenvalue weighted by Gasteiger charge is -2.40. The van der Waals surface area contributed by atoms with Crippen LogP contribution in [0.15, 0.2) is 12.3 Å². The molecule has 0 aromatic rings. The Morgan fingerprint density at radius 2 is 1.54 bits per heavy atom. The second-order valence-corrected chi connectivity index (χ2v) is 8.55. The molecule has 0 aliphatic heterocycles. The molecular formula is C10H24N2Si. The number of nitrogens with one attached hydrogen (secondary N) is 2. The van der Waals surface area contributed by atoms with Gasteiger partial charge in [-0.05, 0) is 18.1 Å². The predicted molar refractivity (Wildman–Crippen MR) is 63.0 cm³/mol. The molecule has 0 aromatic carbocycles. The fourth-order valence-electron chi connectivity index (χ4n) is 1.60. The van der Waals surface area contributed by atoms with E-state index in [1.54, 1.807) is 0 Å². The highest BCUT2D eigenvalue weighted by Crippen LogP contribution is 2.32. The number of hydrogen-bond acceptors (Lipinski definition) is 2. The van der Waals surface area contributed by atoms with Crippen LogP contribution in [0.5, 0.6) is 0 Å². The molecule has 0 bridgehead atoms. The van der Waals surface area contributed by atoms with Crippen LogP contribution >= 0.6 is 0 Å². The third kappa shape index (κ3) is 2.93. The van der Waals surface area contributed by atoms with Gasteiger partial charge in [-0.3, -0.25) is 0 Å². The smallest absolute Gasteiger partial charge is 0.231 e. The van der Waals surface area contributed by atoms with Gasteiger partial charge in [0.1, 0.15) is 0 Å². The van der Waals surface area contributed by atoms with Crippen molar-refractivity contribution in [1.29, 1.82) is 0 Å². The first-order chi connectivity index (χ1) is 5.93. The fraction of sp³-hybridized carbons (Fsp3) is 0.800. The van der Waals surface area contributed by atoms with Gasteiger partial charge in [0, 0.05) is 0 Å². The quantitative estimate of drug-likeness (QED) is 0.665. The molecule has 13 heavy (non-hydrogen) atoms. The van der Waals surface area contributed by atoms with Gasteiger partial charge in [0.25, 0.3) is 0 Å². The Bertz CT molecular complexity index is 155. The lowest BCUT2D eigenvalue weighted by molar-refractivity contribution is 0.658. The lowest BCUT2D eigenvalue weighted by Crippen LogP contribution is -2.66. The van der Waals surface area contributed by atoms with Gasteiger partial charge in [-0.25, -0.2) is 0 Å². The Morgan fingerprint density at radius 3 is 1.69 bits per heavy atom. The molecule has 0 saturated heterocycles. The van der Waals surface area contributed by atoms with Gasteiger partial charge in [0.2, 0.25) is 8.40 Å². The van der Waals surface area contributed by atoms with Gasteiger partial charge in [0.05, 0.1) is 0 Å². The highest BCUT2D eigenvalue weighted by Gasteiger charge is 2.41. The zero-order chi connectivity index (χ0) is 10.5. The van der Waals surface area contributed by atoms with Crippen molar-refractivity contribution in [1.82, 2.24) is 9.96 Å².